The molecule has 0 aliphatic carbocycles. The Hall–Kier alpha value is -2.41. The van der Waals surface area contributed by atoms with E-state index in [-0.39, 0.29) is 18.3 Å². The van der Waals surface area contributed by atoms with Gasteiger partial charge in [0.15, 0.2) is 0 Å². The highest BCUT2D eigenvalue weighted by molar-refractivity contribution is 5.85. The number of rotatable bonds is 8. The van der Waals surface area contributed by atoms with Crippen LogP contribution in [0, 0.1) is 0 Å². The second-order valence-electron chi connectivity index (χ2n) is 5.72. The van der Waals surface area contributed by atoms with E-state index in [2.05, 4.69) is 20.2 Å². The molecular formula is C19H23ClN4O2. The standard InChI is InChI=1S/C19H22N4O2.ClH/c1-25-11-10-20-13-19(24)21-12-15-6-8-16(9-7-15)23-14-22-17-4-2-3-5-18(17)23;/h2-9,14,20H,10-13H2,1H3,(H,21,24);1H. The van der Waals surface area contributed by atoms with Crippen LogP contribution in [0.25, 0.3) is 16.7 Å². The predicted molar refractivity (Wildman–Crippen MR) is 105 cm³/mol. The molecule has 0 aliphatic rings. The minimum atomic E-state index is -0.0271. The molecule has 3 rings (SSSR count). The molecule has 0 saturated heterocycles. The molecule has 2 aromatic carbocycles. The van der Waals surface area contributed by atoms with Crippen LogP contribution in [0.2, 0.25) is 0 Å². The second kappa shape index (κ2) is 9.91. The van der Waals surface area contributed by atoms with E-state index >= 15 is 0 Å². The molecule has 0 bridgehead atoms. The van der Waals surface area contributed by atoms with Gasteiger partial charge in [0.25, 0.3) is 0 Å². The van der Waals surface area contributed by atoms with E-state index in [1.165, 1.54) is 0 Å². The number of para-hydroxylation sites is 2. The van der Waals surface area contributed by atoms with Gasteiger partial charge in [0.1, 0.15) is 6.33 Å². The van der Waals surface area contributed by atoms with Gasteiger partial charge >= 0.3 is 0 Å². The van der Waals surface area contributed by atoms with Crippen molar-refractivity contribution >= 4 is 29.3 Å². The molecule has 0 aliphatic heterocycles. The maximum Gasteiger partial charge on any atom is 0.234 e. The third-order valence-corrected chi connectivity index (χ3v) is 3.93. The maximum absolute atomic E-state index is 11.8. The fourth-order valence-corrected chi connectivity index (χ4v) is 2.58. The lowest BCUT2D eigenvalue weighted by molar-refractivity contribution is -0.120. The molecule has 3 aromatic rings. The lowest BCUT2D eigenvalue weighted by Crippen LogP contribution is -2.34. The summed E-state index contributed by atoms with van der Waals surface area (Å²) in [6, 6.07) is 16.1. The molecule has 0 spiro atoms. The van der Waals surface area contributed by atoms with E-state index in [4.69, 9.17) is 4.74 Å². The van der Waals surface area contributed by atoms with E-state index in [0.717, 1.165) is 22.3 Å². The van der Waals surface area contributed by atoms with Crippen LogP contribution >= 0.6 is 12.4 Å². The lowest BCUT2D eigenvalue weighted by Gasteiger charge is -2.08. The van der Waals surface area contributed by atoms with Crippen molar-refractivity contribution in [3.8, 4) is 5.69 Å². The van der Waals surface area contributed by atoms with Crippen molar-refractivity contribution in [2.45, 2.75) is 6.54 Å². The molecule has 138 valence electrons. The van der Waals surface area contributed by atoms with Crippen LogP contribution in [0.15, 0.2) is 54.9 Å². The Morgan fingerprint density at radius 1 is 1.15 bits per heavy atom. The number of imidazole rings is 1. The topological polar surface area (TPSA) is 68.2 Å². The fraction of sp³-hybridized carbons (Fsp3) is 0.263. The quantitative estimate of drug-likeness (QED) is 0.594. The minimum absolute atomic E-state index is 0. The van der Waals surface area contributed by atoms with Crippen LogP contribution in [-0.4, -0.2) is 42.3 Å². The summed E-state index contributed by atoms with van der Waals surface area (Å²) in [7, 11) is 1.64. The second-order valence-corrected chi connectivity index (χ2v) is 5.72. The highest BCUT2D eigenvalue weighted by Gasteiger charge is 2.04. The van der Waals surface area contributed by atoms with E-state index in [1.807, 2.05) is 54.9 Å². The van der Waals surface area contributed by atoms with Crippen molar-refractivity contribution in [3.05, 3.63) is 60.4 Å². The average Bonchev–Trinajstić information content (AvgIpc) is 3.08. The Labute approximate surface area is 159 Å². The Morgan fingerprint density at radius 3 is 2.69 bits per heavy atom. The summed E-state index contributed by atoms with van der Waals surface area (Å²) < 4.78 is 6.97. The first-order valence-corrected chi connectivity index (χ1v) is 8.25. The molecule has 0 atom stereocenters. The van der Waals surface area contributed by atoms with Crippen LogP contribution in [0.4, 0.5) is 0 Å². The van der Waals surface area contributed by atoms with Gasteiger partial charge in [-0.3, -0.25) is 9.36 Å². The summed E-state index contributed by atoms with van der Waals surface area (Å²) >= 11 is 0. The van der Waals surface area contributed by atoms with Gasteiger partial charge in [-0.1, -0.05) is 24.3 Å². The van der Waals surface area contributed by atoms with Crippen LogP contribution in [0.5, 0.6) is 0 Å². The number of nitrogens with zero attached hydrogens (tertiary/aromatic N) is 2. The summed E-state index contributed by atoms with van der Waals surface area (Å²) in [6.07, 6.45) is 1.83. The van der Waals surface area contributed by atoms with Crippen LogP contribution in [0.3, 0.4) is 0 Å². The molecule has 0 unspecified atom stereocenters. The predicted octanol–water partition coefficient (Wildman–Crippen LogP) is 2.30. The number of benzene rings is 2. The number of methoxy groups -OCH3 is 1. The Bertz CT molecular complexity index is 833. The van der Waals surface area contributed by atoms with Gasteiger partial charge in [0, 0.05) is 25.9 Å². The Morgan fingerprint density at radius 2 is 1.92 bits per heavy atom. The third kappa shape index (κ3) is 5.05. The van der Waals surface area contributed by atoms with Gasteiger partial charge in [-0.2, -0.15) is 0 Å². The van der Waals surface area contributed by atoms with Gasteiger partial charge in [0.05, 0.1) is 24.2 Å². The first-order chi connectivity index (χ1) is 12.3. The molecule has 0 radical (unpaired) electrons. The number of hydrogen-bond acceptors (Lipinski definition) is 4. The van der Waals surface area contributed by atoms with E-state index in [9.17, 15) is 4.79 Å². The number of halogens is 1. The van der Waals surface area contributed by atoms with Gasteiger partial charge in [-0.25, -0.2) is 4.98 Å². The smallest absolute Gasteiger partial charge is 0.234 e. The fourth-order valence-electron chi connectivity index (χ4n) is 2.58. The van der Waals surface area contributed by atoms with Gasteiger partial charge in [-0.05, 0) is 29.8 Å². The number of fused-ring (bicyclic) bond motifs is 1. The zero-order chi connectivity index (χ0) is 17.5. The normalized spacial score (nSPS) is 10.5. The molecule has 7 heteroatoms. The van der Waals surface area contributed by atoms with Crippen LogP contribution in [0.1, 0.15) is 5.56 Å². The summed E-state index contributed by atoms with van der Waals surface area (Å²) in [6.45, 7) is 2.06. The van der Waals surface area contributed by atoms with E-state index in [0.29, 0.717) is 26.2 Å². The van der Waals surface area contributed by atoms with E-state index in [1.54, 1.807) is 7.11 Å². The summed E-state index contributed by atoms with van der Waals surface area (Å²) in [5, 5.41) is 5.92. The van der Waals surface area contributed by atoms with Gasteiger partial charge in [-0.15, -0.1) is 12.4 Å². The van der Waals surface area contributed by atoms with Crippen molar-refractivity contribution in [2.75, 3.05) is 26.8 Å². The van der Waals surface area contributed by atoms with E-state index < -0.39 is 0 Å². The third-order valence-electron chi connectivity index (χ3n) is 3.93. The first kappa shape index (κ1) is 19.9. The maximum atomic E-state index is 11.8. The number of ether oxygens (including phenoxy) is 1. The molecule has 6 nitrogen and oxygen atoms in total. The molecule has 0 fully saturated rings. The van der Waals surface area contributed by atoms with Crippen molar-refractivity contribution in [1.29, 1.82) is 0 Å². The lowest BCUT2D eigenvalue weighted by atomic mass is 10.2. The first-order valence-electron chi connectivity index (χ1n) is 8.25. The minimum Gasteiger partial charge on any atom is -0.383 e. The zero-order valence-electron chi connectivity index (χ0n) is 14.6. The summed E-state index contributed by atoms with van der Waals surface area (Å²) in [4.78, 5) is 16.2. The molecule has 0 saturated carbocycles. The number of nitrogens with one attached hydrogen (secondary N) is 2. The van der Waals surface area contributed by atoms with Crippen LogP contribution in [-0.2, 0) is 16.1 Å². The number of carbonyl (C=O) groups excluding carboxylic acids is 1. The molecule has 1 amide bonds. The SMILES string of the molecule is COCCNCC(=O)NCc1ccc(-n2cnc3ccccc32)cc1.Cl. The Kier molecular flexibility index (Phi) is 7.59. The largest absolute Gasteiger partial charge is 0.383 e. The molecule has 1 aromatic heterocycles. The zero-order valence-corrected chi connectivity index (χ0v) is 15.5. The highest BCUT2D eigenvalue weighted by Crippen LogP contribution is 2.18. The Balaban J connectivity index is 0.00000243. The molecular weight excluding hydrogens is 352 g/mol. The average molecular weight is 375 g/mol. The number of hydrogen-bond donors (Lipinski definition) is 2. The molecule has 26 heavy (non-hydrogen) atoms. The number of aromatic nitrogens is 2. The summed E-state index contributed by atoms with van der Waals surface area (Å²) in [5.41, 5.74) is 4.15. The van der Waals surface area contributed by atoms with Crippen LogP contribution < -0.4 is 10.6 Å². The van der Waals surface area contributed by atoms with Crippen molar-refractivity contribution in [2.24, 2.45) is 0 Å². The monoisotopic (exact) mass is 374 g/mol. The molecule has 1 heterocycles. The number of carbonyl (C=O) groups is 1. The summed E-state index contributed by atoms with van der Waals surface area (Å²) in [5.74, 6) is -0.0271. The van der Waals surface area contributed by atoms with Crippen molar-refractivity contribution in [3.63, 3.8) is 0 Å². The molecule has 2 N–H and O–H groups in total. The van der Waals surface area contributed by atoms with Gasteiger partial charge < -0.3 is 15.4 Å². The van der Waals surface area contributed by atoms with Crippen molar-refractivity contribution in [1.82, 2.24) is 20.2 Å². The van der Waals surface area contributed by atoms with Gasteiger partial charge in [0.2, 0.25) is 5.91 Å². The highest BCUT2D eigenvalue weighted by atomic mass is 35.5. The number of amides is 1. The van der Waals surface area contributed by atoms with Crippen molar-refractivity contribution < 1.29 is 9.53 Å².